The van der Waals surface area contributed by atoms with Crippen molar-refractivity contribution >= 4 is 0 Å². The van der Waals surface area contributed by atoms with Gasteiger partial charge in [0.05, 0.1) is 11.6 Å². The van der Waals surface area contributed by atoms with Crippen molar-refractivity contribution in [2.24, 2.45) is 11.8 Å². The topological polar surface area (TPSA) is 35.8 Å². The molecule has 2 nitrogen and oxygen atoms in total. The molecule has 4 unspecified atom stereocenters. The molecule has 0 aromatic heterocycles. The van der Waals surface area contributed by atoms with Gasteiger partial charge in [-0.05, 0) is 55.7 Å². The number of benzene rings is 1. The molecule has 0 saturated heterocycles. The van der Waals surface area contributed by atoms with Gasteiger partial charge in [0, 0.05) is 12.1 Å². The molecule has 2 aliphatic rings. The fraction of sp³-hybridized carbons (Fsp3) is 0.562. The van der Waals surface area contributed by atoms with Crippen LogP contribution in [0.4, 0.5) is 0 Å². The third-order valence-electron chi connectivity index (χ3n) is 4.74. The summed E-state index contributed by atoms with van der Waals surface area (Å²) in [6, 6.07) is 11.2. The zero-order valence-electron chi connectivity index (χ0n) is 10.9. The molecule has 0 amide bonds. The summed E-state index contributed by atoms with van der Waals surface area (Å²) >= 11 is 0. The Morgan fingerprint density at radius 2 is 2.00 bits per heavy atom. The normalized spacial score (nSPS) is 31.2. The summed E-state index contributed by atoms with van der Waals surface area (Å²) in [5.41, 5.74) is 2.03. The van der Waals surface area contributed by atoms with E-state index in [1.54, 1.807) is 0 Å². The summed E-state index contributed by atoms with van der Waals surface area (Å²) in [6.45, 7) is 2.23. The fourth-order valence-electron chi connectivity index (χ4n) is 3.71. The summed E-state index contributed by atoms with van der Waals surface area (Å²) < 4.78 is 0. The van der Waals surface area contributed by atoms with Crippen LogP contribution in [0.1, 0.15) is 49.8 Å². The highest BCUT2D eigenvalue weighted by molar-refractivity contribution is 5.32. The molecule has 3 rings (SSSR count). The lowest BCUT2D eigenvalue weighted by Gasteiger charge is -2.27. The van der Waals surface area contributed by atoms with Gasteiger partial charge in [0.25, 0.3) is 0 Å². The molecule has 2 saturated carbocycles. The zero-order valence-corrected chi connectivity index (χ0v) is 10.9. The SMILES string of the molecule is CC(NC1CC2CCC1C2)c1ccc(C#N)cc1. The Balaban J connectivity index is 1.64. The van der Waals surface area contributed by atoms with E-state index >= 15 is 0 Å². The Morgan fingerprint density at radius 1 is 1.22 bits per heavy atom. The fourth-order valence-corrected chi connectivity index (χ4v) is 3.71. The highest BCUT2D eigenvalue weighted by atomic mass is 15.0. The van der Waals surface area contributed by atoms with Gasteiger partial charge in [0.15, 0.2) is 0 Å². The summed E-state index contributed by atoms with van der Waals surface area (Å²) in [5.74, 6) is 1.90. The van der Waals surface area contributed by atoms with Crippen molar-refractivity contribution in [3.63, 3.8) is 0 Å². The van der Waals surface area contributed by atoms with E-state index in [4.69, 9.17) is 5.26 Å². The van der Waals surface area contributed by atoms with Crippen LogP contribution in [0.5, 0.6) is 0 Å². The Morgan fingerprint density at radius 3 is 2.56 bits per heavy atom. The third kappa shape index (κ3) is 2.15. The molecule has 1 N–H and O–H groups in total. The van der Waals surface area contributed by atoms with Crippen LogP contribution >= 0.6 is 0 Å². The van der Waals surface area contributed by atoms with Crippen molar-refractivity contribution in [2.75, 3.05) is 0 Å². The number of nitrogens with one attached hydrogen (secondary N) is 1. The predicted molar refractivity (Wildman–Crippen MR) is 71.9 cm³/mol. The second kappa shape index (κ2) is 4.74. The van der Waals surface area contributed by atoms with E-state index in [1.807, 2.05) is 12.1 Å². The molecule has 2 aliphatic carbocycles. The molecule has 1 aromatic carbocycles. The molecule has 1 aromatic rings. The Hall–Kier alpha value is -1.33. The lowest BCUT2D eigenvalue weighted by Crippen LogP contribution is -2.35. The van der Waals surface area contributed by atoms with Gasteiger partial charge in [-0.3, -0.25) is 0 Å². The molecule has 2 fully saturated rings. The summed E-state index contributed by atoms with van der Waals surface area (Å²) in [5, 5.41) is 12.6. The molecule has 2 bridgehead atoms. The maximum Gasteiger partial charge on any atom is 0.0991 e. The molecule has 4 atom stereocenters. The van der Waals surface area contributed by atoms with Crippen LogP contribution in [-0.4, -0.2) is 6.04 Å². The van der Waals surface area contributed by atoms with Gasteiger partial charge in [-0.25, -0.2) is 0 Å². The van der Waals surface area contributed by atoms with E-state index in [2.05, 4.69) is 30.4 Å². The molecular weight excluding hydrogens is 220 g/mol. The zero-order chi connectivity index (χ0) is 12.5. The van der Waals surface area contributed by atoms with Crippen LogP contribution in [0.15, 0.2) is 24.3 Å². The molecule has 0 aliphatic heterocycles. The van der Waals surface area contributed by atoms with Crippen molar-refractivity contribution in [2.45, 2.75) is 44.7 Å². The maximum atomic E-state index is 8.80. The summed E-state index contributed by atoms with van der Waals surface area (Å²) in [7, 11) is 0. The number of nitriles is 1. The van der Waals surface area contributed by atoms with E-state index in [0.29, 0.717) is 6.04 Å². The minimum Gasteiger partial charge on any atom is -0.307 e. The third-order valence-corrected chi connectivity index (χ3v) is 4.74. The Kier molecular flexibility index (Phi) is 3.09. The lowest BCUT2D eigenvalue weighted by atomic mass is 9.94. The van der Waals surface area contributed by atoms with Crippen LogP contribution in [0.2, 0.25) is 0 Å². The second-order valence-electron chi connectivity index (χ2n) is 5.90. The minimum atomic E-state index is 0.391. The van der Waals surface area contributed by atoms with Crippen LogP contribution < -0.4 is 5.32 Å². The Labute approximate surface area is 109 Å². The number of hydrogen-bond donors (Lipinski definition) is 1. The first kappa shape index (κ1) is 11.7. The van der Waals surface area contributed by atoms with E-state index in [0.717, 1.165) is 23.4 Å². The van der Waals surface area contributed by atoms with E-state index in [-0.39, 0.29) is 0 Å². The molecule has 0 spiro atoms. The number of fused-ring (bicyclic) bond motifs is 2. The molecule has 94 valence electrons. The maximum absolute atomic E-state index is 8.80. The van der Waals surface area contributed by atoms with Gasteiger partial charge in [-0.1, -0.05) is 18.6 Å². The molecule has 2 heteroatoms. The first-order chi connectivity index (χ1) is 8.76. The molecule has 18 heavy (non-hydrogen) atoms. The van der Waals surface area contributed by atoms with Crippen LogP contribution in [0.3, 0.4) is 0 Å². The van der Waals surface area contributed by atoms with Gasteiger partial charge < -0.3 is 5.32 Å². The first-order valence-electron chi connectivity index (χ1n) is 7.02. The van der Waals surface area contributed by atoms with Crippen molar-refractivity contribution in [3.05, 3.63) is 35.4 Å². The van der Waals surface area contributed by atoms with Crippen LogP contribution in [0.25, 0.3) is 0 Å². The average Bonchev–Trinajstić information content (AvgIpc) is 3.01. The summed E-state index contributed by atoms with van der Waals surface area (Å²) in [4.78, 5) is 0. The van der Waals surface area contributed by atoms with Gasteiger partial charge >= 0.3 is 0 Å². The van der Waals surface area contributed by atoms with Gasteiger partial charge in [-0.2, -0.15) is 5.26 Å². The predicted octanol–water partition coefficient (Wildman–Crippen LogP) is 3.40. The van der Waals surface area contributed by atoms with Crippen LogP contribution in [-0.2, 0) is 0 Å². The smallest absolute Gasteiger partial charge is 0.0991 e. The van der Waals surface area contributed by atoms with Crippen molar-refractivity contribution < 1.29 is 0 Å². The van der Waals surface area contributed by atoms with Gasteiger partial charge in [0.2, 0.25) is 0 Å². The van der Waals surface area contributed by atoms with E-state index in [1.165, 1.54) is 31.2 Å². The highest BCUT2D eigenvalue weighted by Crippen LogP contribution is 2.45. The van der Waals surface area contributed by atoms with Crippen molar-refractivity contribution in [1.29, 1.82) is 5.26 Å². The first-order valence-corrected chi connectivity index (χ1v) is 7.02. The number of nitrogens with zero attached hydrogens (tertiary/aromatic N) is 1. The van der Waals surface area contributed by atoms with Crippen molar-refractivity contribution in [1.82, 2.24) is 5.32 Å². The van der Waals surface area contributed by atoms with Crippen molar-refractivity contribution in [3.8, 4) is 6.07 Å². The molecular formula is C16H20N2. The van der Waals surface area contributed by atoms with Gasteiger partial charge in [-0.15, -0.1) is 0 Å². The van der Waals surface area contributed by atoms with Gasteiger partial charge in [0.1, 0.15) is 0 Å². The number of hydrogen-bond acceptors (Lipinski definition) is 2. The van der Waals surface area contributed by atoms with E-state index < -0.39 is 0 Å². The highest BCUT2D eigenvalue weighted by Gasteiger charge is 2.39. The quantitative estimate of drug-likeness (QED) is 0.879. The number of rotatable bonds is 3. The monoisotopic (exact) mass is 240 g/mol. The molecule has 0 heterocycles. The second-order valence-corrected chi connectivity index (χ2v) is 5.90. The van der Waals surface area contributed by atoms with Crippen LogP contribution in [0, 0.1) is 23.2 Å². The minimum absolute atomic E-state index is 0.391. The Bertz CT molecular complexity index is 457. The largest absolute Gasteiger partial charge is 0.307 e. The average molecular weight is 240 g/mol. The molecule has 0 radical (unpaired) electrons. The standard InChI is InChI=1S/C16H20N2/c1-11(14-5-2-12(10-17)3-6-14)18-16-9-13-4-7-15(16)8-13/h2-3,5-6,11,13,15-16,18H,4,7-9H2,1H3. The summed E-state index contributed by atoms with van der Waals surface area (Å²) in [6.07, 6.45) is 5.68. The lowest BCUT2D eigenvalue weighted by molar-refractivity contribution is 0.327. The van der Waals surface area contributed by atoms with E-state index in [9.17, 15) is 0 Å².